The average Bonchev–Trinajstić information content (AvgIpc) is 3.61. The molecule has 7 aromatic rings. The Bertz CT molecular complexity index is 2130. The molecule has 0 aromatic carbocycles. The van der Waals surface area contributed by atoms with Gasteiger partial charge in [-0.2, -0.15) is 5.10 Å². The van der Waals surface area contributed by atoms with E-state index < -0.39 is 5.82 Å². The molecule has 7 aromatic heterocycles. The molecule has 8 bridgehead atoms. The van der Waals surface area contributed by atoms with Crippen LogP contribution in [0.1, 0.15) is 24.1 Å². The minimum absolute atomic E-state index is 0.0160. The molecular weight excluding hydrogens is 491 g/mol. The van der Waals surface area contributed by atoms with Gasteiger partial charge in [0, 0.05) is 33.8 Å². The monoisotopic (exact) mass is 508 g/mol. The van der Waals surface area contributed by atoms with Crippen LogP contribution in [0.5, 0.6) is 0 Å². The minimum atomic E-state index is -0.538. The summed E-state index contributed by atoms with van der Waals surface area (Å²) in [5, 5.41) is 8.79. The zero-order chi connectivity index (χ0) is 24.7. The molecule has 2 N–H and O–H groups in total. The lowest BCUT2D eigenvalue weighted by Gasteiger charge is -2.24. The number of carbonyl (C=O) groups excluding carboxylic acids is 1. The molecule has 180 valence electrons. The van der Waals surface area contributed by atoms with Crippen LogP contribution < -0.4 is 0 Å². The van der Waals surface area contributed by atoms with E-state index in [9.17, 15) is 4.79 Å². The number of thiophene rings is 1. The smallest absolute Gasteiger partial charge is 0.235 e. The highest BCUT2D eigenvalue weighted by Crippen LogP contribution is 2.33. The summed E-state index contributed by atoms with van der Waals surface area (Å²) in [6.45, 7) is 0. The van der Waals surface area contributed by atoms with Crippen molar-refractivity contribution in [2.45, 2.75) is 19.3 Å². The molecule has 11 heteroatoms. The summed E-state index contributed by atoms with van der Waals surface area (Å²) in [5.74, 6) is -0.569. The second-order valence-corrected chi connectivity index (χ2v) is 10.4. The Kier molecular flexibility index (Phi) is 4.19. The molecule has 0 spiro atoms. The van der Waals surface area contributed by atoms with E-state index in [1.165, 1.54) is 11.3 Å². The molecule has 0 amide bonds. The van der Waals surface area contributed by atoms with Gasteiger partial charge in [0.1, 0.15) is 21.4 Å². The van der Waals surface area contributed by atoms with Crippen molar-refractivity contribution >= 4 is 81.7 Å². The standard InChI is InChI=1S/C26H17FN8OS/c27-21-20-16-11-30-22(21)13-6-14(8-28-7-13)35(26(36)12-2-1-3-12)19-5-4-18(37-19)15-9-29-10-17-23(15)32-25(31-17)24(20)34-33-16/h4-12H,1-3H2,(H,31,32)(H,33,34). The van der Waals surface area contributed by atoms with Gasteiger partial charge in [-0.05, 0) is 31.0 Å². The maximum atomic E-state index is 16.1. The molecule has 0 radical (unpaired) electrons. The number of nitrogens with zero attached hydrogens (tertiary/aromatic N) is 6. The van der Waals surface area contributed by atoms with Gasteiger partial charge in [0.25, 0.3) is 0 Å². The number of hydrogen-bond donors (Lipinski definition) is 2. The third kappa shape index (κ3) is 2.94. The largest absolute Gasteiger partial charge is 0.335 e. The van der Waals surface area contributed by atoms with Crippen molar-refractivity contribution in [2.75, 3.05) is 0 Å². The van der Waals surface area contributed by atoms with Crippen LogP contribution in [0, 0.1) is 11.7 Å². The second-order valence-electron chi connectivity index (χ2n) is 9.32. The van der Waals surface area contributed by atoms with Crippen LogP contribution >= 0.6 is 11.3 Å². The number of rotatable bonds is 1. The van der Waals surface area contributed by atoms with E-state index in [4.69, 9.17) is 4.98 Å². The summed E-state index contributed by atoms with van der Waals surface area (Å²) in [6.07, 6.45) is 10.9. The van der Waals surface area contributed by atoms with Crippen LogP contribution in [0.4, 0.5) is 4.39 Å². The zero-order valence-electron chi connectivity index (χ0n) is 19.2. The van der Waals surface area contributed by atoms with Crippen molar-refractivity contribution in [3.05, 3.63) is 55.0 Å². The Labute approximate surface area is 210 Å². The van der Waals surface area contributed by atoms with Gasteiger partial charge in [0.15, 0.2) is 11.5 Å². The Morgan fingerprint density at radius 2 is 1.92 bits per heavy atom. The number of H-pyrrole nitrogens is 2. The van der Waals surface area contributed by atoms with Crippen molar-refractivity contribution in [2.24, 2.45) is 5.92 Å². The molecule has 1 saturated carbocycles. The van der Waals surface area contributed by atoms with Crippen LogP contribution in [0.25, 0.3) is 64.4 Å². The van der Waals surface area contributed by atoms with Gasteiger partial charge in [-0.25, -0.2) is 9.37 Å². The third-order valence-corrected chi connectivity index (χ3v) is 8.27. The predicted molar refractivity (Wildman–Crippen MR) is 141 cm³/mol. The maximum Gasteiger partial charge on any atom is 0.235 e. The van der Waals surface area contributed by atoms with E-state index in [0.717, 1.165) is 34.2 Å². The first-order chi connectivity index (χ1) is 18.2. The number of nitrogens with one attached hydrogen (secondary N) is 2. The Morgan fingerprint density at radius 1 is 1.03 bits per heavy atom. The van der Waals surface area contributed by atoms with Crippen molar-refractivity contribution < 1.29 is 9.18 Å². The van der Waals surface area contributed by atoms with Crippen LogP contribution in [0.2, 0.25) is 0 Å². The summed E-state index contributed by atoms with van der Waals surface area (Å²) < 4.78 is 18.7. The van der Waals surface area contributed by atoms with E-state index in [2.05, 4.69) is 30.1 Å². The lowest BCUT2D eigenvalue weighted by Crippen LogP contribution is -2.27. The molecule has 1 fully saturated rings. The number of halogens is 1. The summed E-state index contributed by atoms with van der Waals surface area (Å²) >= 11 is 1.48. The number of carbonyl (C=O) groups is 1. The molecule has 0 saturated heterocycles. The van der Waals surface area contributed by atoms with E-state index >= 15 is 4.39 Å². The molecule has 1 aliphatic rings. The van der Waals surface area contributed by atoms with Gasteiger partial charge in [0.05, 0.1) is 40.5 Å². The first-order valence-electron chi connectivity index (χ1n) is 11.9. The molecule has 7 heterocycles. The Morgan fingerprint density at radius 3 is 2.78 bits per heavy atom. The van der Waals surface area contributed by atoms with E-state index in [-0.39, 0.29) is 22.7 Å². The molecule has 37 heavy (non-hydrogen) atoms. The first-order valence-corrected chi connectivity index (χ1v) is 12.7. The quantitative estimate of drug-likeness (QED) is 0.289. The lowest BCUT2D eigenvalue weighted by atomic mass is 9.84. The maximum absolute atomic E-state index is 16.1. The minimum Gasteiger partial charge on any atom is -0.335 e. The van der Waals surface area contributed by atoms with Gasteiger partial charge in [-0.15, -0.1) is 11.3 Å². The molecule has 0 aliphatic heterocycles. The lowest BCUT2D eigenvalue weighted by molar-refractivity contribution is 0.0776. The number of aromatic amines is 2. The van der Waals surface area contributed by atoms with E-state index in [0.29, 0.717) is 38.6 Å². The summed E-state index contributed by atoms with van der Waals surface area (Å²) in [7, 11) is 0. The normalized spacial score (nSPS) is 14.3. The SMILES string of the molecule is O=C(C1CCC1)n1c2cncc(c2)c2ncc3[nH]nc(c4nc5c(cncc5c5ccc1s5)[nH]4)c3c2F. The number of imidazole rings is 1. The molecule has 0 unspecified atom stereocenters. The predicted octanol–water partition coefficient (Wildman–Crippen LogP) is 5.80. The van der Waals surface area contributed by atoms with Crippen LogP contribution in [-0.4, -0.2) is 45.6 Å². The zero-order valence-corrected chi connectivity index (χ0v) is 20.0. The average molecular weight is 509 g/mol. The topological polar surface area (TPSA) is 118 Å². The summed E-state index contributed by atoms with van der Waals surface area (Å²) in [5.41, 5.74) is 3.32. The summed E-state index contributed by atoms with van der Waals surface area (Å²) in [6, 6.07) is 5.68. The second kappa shape index (κ2) is 7.50. The summed E-state index contributed by atoms with van der Waals surface area (Å²) in [4.78, 5) is 35.6. The molecule has 9 nitrogen and oxygen atoms in total. The molecular formula is C26H17FN8OS. The van der Waals surface area contributed by atoms with Crippen LogP contribution in [0.15, 0.2) is 49.2 Å². The fourth-order valence-electron chi connectivity index (χ4n) is 5.05. The van der Waals surface area contributed by atoms with Gasteiger partial charge >= 0.3 is 0 Å². The first kappa shape index (κ1) is 20.7. The highest BCUT2D eigenvalue weighted by atomic mass is 32.1. The molecule has 1 aliphatic carbocycles. The van der Waals surface area contributed by atoms with Gasteiger partial charge < -0.3 is 4.98 Å². The number of fused-ring (bicyclic) bond motifs is 9. The fraction of sp³-hybridized carbons (Fsp3) is 0.154. The molecule has 0 atom stereocenters. The highest BCUT2D eigenvalue weighted by Gasteiger charge is 2.27. The fourth-order valence-corrected chi connectivity index (χ4v) is 6.09. The Balaban J connectivity index is 1.64. The van der Waals surface area contributed by atoms with Gasteiger partial charge in [0.2, 0.25) is 5.91 Å². The van der Waals surface area contributed by atoms with Gasteiger partial charge in [-0.3, -0.25) is 29.4 Å². The van der Waals surface area contributed by atoms with Crippen molar-refractivity contribution in [3.8, 4) is 0 Å². The number of hydrogen-bond acceptors (Lipinski definition) is 7. The van der Waals surface area contributed by atoms with Crippen LogP contribution in [0.3, 0.4) is 0 Å². The Hall–Kier alpha value is -4.51. The van der Waals surface area contributed by atoms with Crippen molar-refractivity contribution in [3.63, 3.8) is 0 Å². The van der Waals surface area contributed by atoms with Crippen LogP contribution in [-0.2, 0) is 0 Å². The van der Waals surface area contributed by atoms with Gasteiger partial charge in [-0.1, -0.05) is 6.42 Å². The van der Waals surface area contributed by atoms with Crippen molar-refractivity contribution in [1.29, 1.82) is 0 Å². The van der Waals surface area contributed by atoms with Crippen molar-refractivity contribution in [1.82, 2.24) is 39.7 Å². The van der Waals surface area contributed by atoms with E-state index in [1.54, 1.807) is 41.6 Å². The molecule has 8 rings (SSSR count). The van der Waals surface area contributed by atoms with E-state index in [1.807, 2.05) is 12.1 Å². The third-order valence-electron chi connectivity index (χ3n) is 7.17. The number of pyridine rings is 3. The number of aromatic nitrogens is 8. The highest BCUT2D eigenvalue weighted by molar-refractivity contribution is 7.24.